The van der Waals surface area contributed by atoms with Crippen LogP contribution >= 0.6 is 22.9 Å². The molecule has 0 amide bonds. The molecule has 1 atom stereocenters. The number of rotatable bonds is 4. The van der Waals surface area contributed by atoms with Gasteiger partial charge in [-0.2, -0.15) is 5.10 Å². The molecule has 1 aliphatic carbocycles. The molecule has 19 heavy (non-hydrogen) atoms. The normalized spacial score (nSPS) is 17.9. The number of aryl methyl sites for hydroxylation is 3. The van der Waals surface area contributed by atoms with Crippen molar-refractivity contribution in [2.24, 2.45) is 7.05 Å². The summed E-state index contributed by atoms with van der Waals surface area (Å²) in [5, 5.41) is 8.13. The summed E-state index contributed by atoms with van der Waals surface area (Å²) in [4.78, 5) is 1.45. The van der Waals surface area contributed by atoms with Crippen molar-refractivity contribution in [2.45, 2.75) is 38.8 Å². The number of hydrogen-bond donors (Lipinski definition) is 1. The summed E-state index contributed by atoms with van der Waals surface area (Å²) in [6, 6.07) is 2.57. The molecule has 0 aromatic carbocycles. The Hall–Kier alpha value is -0.840. The molecular formula is C14H18ClN3S. The fourth-order valence-electron chi connectivity index (χ4n) is 2.80. The van der Waals surface area contributed by atoms with Gasteiger partial charge >= 0.3 is 0 Å². The molecule has 0 saturated heterocycles. The number of hydrogen-bond acceptors (Lipinski definition) is 3. The molecule has 3 nitrogen and oxygen atoms in total. The zero-order valence-corrected chi connectivity index (χ0v) is 12.8. The molecule has 2 aromatic heterocycles. The molecule has 0 spiro atoms. The van der Waals surface area contributed by atoms with E-state index in [1.165, 1.54) is 28.1 Å². The van der Waals surface area contributed by atoms with Crippen molar-refractivity contribution in [1.82, 2.24) is 15.1 Å². The summed E-state index contributed by atoms with van der Waals surface area (Å²) in [5.74, 6) is 0. The van der Waals surface area contributed by atoms with Crippen LogP contribution in [-0.2, 0) is 26.4 Å². The van der Waals surface area contributed by atoms with Gasteiger partial charge in [-0.3, -0.25) is 4.68 Å². The van der Waals surface area contributed by atoms with Crippen LogP contribution in [-0.4, -0.2) is 9.78 Å². The summed E-state index contributed by atoms with van der Waals surface area (Å²) < 4.78 is 2.81. The van der Waals surface area contributed by atoms with Gasteiger partial charge in [0, 0.05) is 36.3 Å². The van der Waals surface area contributed by atoms with E-state index in [1.807, 2.05) is 11.7 Å². The SMILES string of the molecule is CCc1nn(C)cc1CNC1CCc2sc(Cl)cc21. The molecule has 0 radical (unpaired) electrons. The average molecular weight is 296 g/mol. The van der Waals surface area contributed by atoms with Crippen LogP contribution in [0.4, 0.5) is 0 Å². The summed E-state index contributed by atoms with van der Waals surface area (Å²) in [6.07, 6.45) is 5.43. The third kappa shape index (κ3) is 2.57. The van der Waals surface area contributed by atoms with Crippen molar-refractivity contribution in [3.63, 3.8) is 0 Å². The van der Waals surface area contributed by atoms with Gasteiger partial charge in [-0.25, -0.2) is 0 Å². The Morgan fingerprint density at radius 2 is 2.42 bits per heavy atom. The first-order valence-electron chi connectivity index (χ1n) is 6.70. The molecule has 5 heteroatoms. The van der Waals surface area contributed by atoms with Crippen LogP contribution in [0.1, 0.15) is 41.1 Å². The maximum atomic E-state index is 6.09. The van der Waals surface area contributed by atoms with Crippen molar-refractivity contribution in [2.75, 3.05) is 0 Å². The van der Waals surface area contributed by atoms with Crippen LogP contribution in [0.5, 0.6) is 0 Å². The van der Waals surface area contributed by atoms with Gasteiger partial charge in [-0.1, -0.05) is 18.5 Å². The van der Waals surface area contributed by atoms with Crippen LogP contribution in [0.2, 0.25) is 4.34 Å². The fourth-order valence-corrected chi connectivity index (χ4v) is 4.16. The van der Waals surface area contributed by atoms with Crippen LogP contribution < -0.4 is 5.32 Å². The lowest BCUT2D eigenvalue weighted by Gasteiger charge is -2.12. The van der Waals surface area contributed by atoms with Gasteiger partial charge in [-0.05, 0) is 30.9 Å². The molecule has 2 heterocycles. The Kier molecular flexibility index (Phi) is 3.65. The predicted molar refractivity (Wildman–Crippen MR) is 79.8 cm³/mol. The van der Waals surface area contributed by atoms with Gasteiger partial charge in [0.2, 0.25) is 0 Å². The molecule has 0 saturated carbocycles. The van der Waals surface area contributed by atoms with E-state index < -0.39 is 0 Å². The van der Waals surface area contributed by atoms with Crippen molar-refractivity contribution < 1.29 is 0 Å². The standard InChI is InChI=1S/C14H18ClN3S/c1-3-11-9(8-18(2)17-11)7-16-12-4-5-13-10(12)6-14(15)19-13/h6,8,12,16H,3-5,7H2,1-2H3. The van der Waals surface area contributed by atoms with Gasteiger partial charge < -0.3 is 5.32 Å². The summed E-state index contributed by atoms with van der Waals surface area (Å²) in [6.45, 7) is 3.03. The smallest absolute Gasteiger partial charge is 0.0934 e. The molecule has 0 fully saturated rings. The van der Waals surface area contributed by atoms with Gasteiger partial charge in [0.05, 0.1) is 10.0 Å². The second-order valence-electron chi connectivity index (χ2n) is 5.03. The summed E-state index contributed by atoms with van der Waals surface area (Å²) >= 11 is 7.81. The van der Waals surface area contributed by atoms with Gasteiger partial charge in [-0.15, -0.1) is 11.3 Å². The van der Waals surface area contributed by atoms with Crippen LogP contribution in [0.3, 0.4) is 0 Å². The van der Waals surface area contributed by atoms with Gasteiger partial charge in [0.1, 0.15) is 0 Å². The molecule has 102 valence electrons. The third-order valence-electron chi connectivity index (χ3n) is 3.71. The minimum absolute atomic E-state index is 0.448. The van der Waals surface area contributed by atoms with Gasteiger partial charge in [0.15, 0.2) is 0 Å². The van der Waals surface area contributed by atoms with Crippen molar-refractivity contribution in [3.05, 3.63) is 38.3 Å². The molecule has 0 bridgehead atoms. The first-order chi connectivity index (χ1) is 9.17. The Balaban J connectivity index is 1.70. The van der Waals surface area contributed by atoms with E-state index in [4.69, 9.17) is 11.6 Å². The number of halogens is 1. The molecule has 2 aromatic rings. The summed E-state index contributed by atoms with van der Waals surface area (Å²) in [5.41, 5.74) is 3.90. The van der Waals surface area contributed by atoms with Gasteiger partial charge in [0.25, 0.3) is 0 Å². The molecule has 3 rings (SSSR count). The summed E-state index contributed by atoms with van der Waals surface area (Å²) in [7, 11) is 1.98. The minimum atomic E-state index is 0.448. The monoisotopic (exact) mass is 295 g/mol. The fraction of sp³-hybridized carbons (Fsp3) is 0.500. The van der Waals surface area contributed by atoms with Crippen LogP contribution in [0, 0.1) is 0 Å². The number of aromatic nitrogens is 2. The first-order valence-corrected chi connectivity index (χ1v) is 7.89. The molecule has 1 N–H and O–H groups in total. The zero-order valence-electron chi connectivity index (χ0n) is 11.2. The third-order valence-corrected chi connectivity index (χ3v) is 5.05. The van der Waals surface area contributed by atoms with Crippen LogP contribution in [0.15, 0.2) is 12.3 Å². The maximum Gasteiger partial charge on any atom is 0.0934 e. The number of nitrogens with zero attached hydrogens (tertiary/aromatic N) is 2. The topological polar surface area (TPSA) is 29.9 Å². The lowest BCUT2D eigenvalue weighted by molar-refractivity contribution is 0.528. The van der Waals surface area contributed by atoms with E-state index in [9.17, 15) is 0 Å². The largest absolute Gasteiger partial charge is 0.306 e. The van der Waals surface area contributed by atoms with E-state index in [0.29, 0.717) is 6.04 Å². The second kappa shape index (κ2) is 5.27. The molecule has 1 aliphatic rings. The minimum Gasteiger partial charge on any atom is -0.306 e. The van der Waals surface area contributed by atoms with E-state index in [-0.39, 0.29) is 0 Å². The second-order valence-corrected chi connectivity index (χ2v) is 6.80. The quantitative estimate of drug-likeness (QED) is 0.936. The highest BCUT2D eigenvalue weighted by Gasteiger charge is 2.24. The lowest BCUT2D eigenvalue weighted by Crippen LogP contribution is -2.18. The molecular weight excluding hydrogens is 278 g/mol. The first kappa shape index (κ1) is 13.2. The highest BCUT2D eigenvalue weighted by Crippen LogP contribution is 2.39. The highest BCUT2D eigenvalue weighted by molar-refractivity contribution is 7.16. The predicted octanol–water partition coefficient (Wildman–Crippen LogP) is 3.47. The van der Waals surface area contributed by atoms with E-state index in [0.717, 1.165) is 23.7 Å². The van der Waals surface area contributed by atoms with E-state index >= 15 is 0 Å². The molecule has 0 aliphatic heterocycles. The molecule has 1 unspecified atom stereocenters. The van der Waals surface area contributed by atoms with E-state index in [2.05, 4.69) is 29.6 Å². The van der Waals surface area contributed by atoms with Crippen molar-refractivity contribution >= 4 is 22.9 Å². The maximum absolute atomic E-state index is 6.09. The zero-order chi connectivity index (χ0) is 13.4. The Morgan fingerprint density at radius 3 is 3.21 bits per heavy atom. The number of thiophene rings is 1. The number of nitrogens with one attached hydrogen (secondary N) is 1. The highest BCUT2D eigenvalue weighted by atomic mass is 35.5. The number of fused-ring (bicyclic) bond motifs is 1. The van der Waals surface area contributed by atoms with Crippen molar-refractivity contribution in [1.29, 1.82) is 0 Å². The Labute approximate surface area is 122 Å². The Bertz CT molecular complexity index is 588. The lowest BCUT2D eigenvalue weighted by atomic mass is 10.1. The Morgan fingerprint density at radius 1 is 1.58 bits per heavy atom. The van der Waals surface area contributed by atoms with Crippen LogP contribution in [0.25, 0.3) is 0 Å². The van der Waals surface area contributed by atoms with Crippen molar-refractivity contribution in [3.8, 4) is 0 Å². The average Bonchev–Trinajstić information content (AvgIpc) is 3.01. The van der Waals surface area contributed by atoms with E-state index in [1.54, 1.807) is 11.3 Å².